The first-order valence-corrected chi connectivity index (χ1v) is 8.97. The van der Waals surface area contributed by atoms with Crippen LogP contribution < -0.4 is 5.32 Å². The van der Waals surface area contributed by atoms with Gasteiger partial charge in [0.1, 0.15) is 5.54 Å². The van der Waals surface area contributed by atoms with E-state index >= 15 is 0 Å². The van der Waals surface area contributed by atoms with Crippen molar-refractivity contribution in [2.24, 2.45) is 0 Å². The molecule has 1 aromatic carbocycles. The Kier molecular flexibility index (Phi) is 7.96. The van der Waals surface area contributed by atoms with Crippen molar-refractivity contribution in [2.45, 2.75) is 43.5 Å². The van der Waals surface area contributed by atoms with Gasteiger partial charge in [-0.05, 0) is 37.6 Å². The molecule has 1 amide bonds. The summed E-state index contributed by atoms with van der Waals surface area (Å²) in [7, 11) is 1.34. The zero-order valence-electron chi connectivity index (χ0n) is 13.1. The number of thioether (sulfide) groups is 1. The molecule has 4 nitrogen and oxygen atoms in total. The summed E-state index contributed by atoms with van der Waals surface area (Å²) in [5.74, 6) is 0.130. The van der Waals surface area contributed by atoms with Gasteiger partial charge in [-0.2, -0.15) is 0 Å². The van der Waals surface area contributed by atoms with Crippen molar-refractivity contribution in [1.29, 1.82) is 0 Å². The number of hydrogen-bond donors (Lipinski definition) is 1. The van der Waals surface area contributed by atoms with Gasteiger partial charge >= 0.3 is 5.97 Å². The van der Waals surface area contributed by atoms with E-state index in [1.807, 2.05) is 31.2 Å². The van der Waals surface area contributed by atoms with Crippen LogP contribution in [0.2, 0.25) is 0 Å². The van der Waals surface area contributed by atoms with Crippen LogP contribution in [-0.2, 0) is 14.3 Å². The highest BCUT2D eigenvalue weighted by Crippen LogP contribution is 2.21. The van der Waals surface area contributed by atoms with Crippen LogP contribution in [0.25, 0.3) is 0 Å². The van der Waals surface area contributed by atoms with Gasteiger partial charge in [-0.1, -0.05) is 29.3 Å². The second kappa shape index (κ2) is 9.20. The Bertz CT molecular complexity index is 507. The maximum absolute atomic E-state index is 12.1. The number of ether oxygens (including phenoxy) is 1. The predicted octanol–water partition coefficient (Wildman–Crippen LogP) is 3.78. The first-order chi connectivity index (χ1) is 10.4. The number of halogens is 1. The molecule has 0 aliphatic rings. The molecule has 0 radical (unpaired) electrons. The summed E-state index contributed by atoms with van der Waals surface area (Å²) in [6.45, 7) is 3.68. The van der Waals surface area contributed by atoms with E-state index < -0.39 is 11.5 Å². The zero-order chi connectivity index (χ0) is 16.6. The highest BCUT2D eigenvalue weighted by molar-refractivity contribution is 9.10. The van der Waals surface area contributed by atoms with Crippen molar-refractivity contribution in [3.8, 4) is 0 Å². The van der Waals surface area contributed by atoms with E-state index in [9.17, 15) is 9.59 Å². The summed E-state index contributed by atoms with van der Waals surface area (Å²) in [6, 6.07) is 7.94. The molecular weight excluding hydrogens is 366 g/mol. The number of hydrogen-bond acceptors (Lipinski definition) is 4. The summed E-state index contributed by atoms with van der Waals surface area (Å²) in [5.41, 5.74) is -0.942. The maximum atomic E-state index is 12.1. The van der Waals surface area contributed by atoms with E-state index in [-0.39, 0.29) is 5.91 Å². The van der Waals surface area contributed by atoms with Gasteiger partial charge in [0.05, 0.1) is 7.11 Å². The average Bonchev–Trinajstić information content (AvgIpc) is 2.48. The number of nitrogens with one attached hydrogen (secondary N) is 1. The molecule has 0 aromatic heterocycles. The first-order valence-electron chi connectivity index (χ1n) is 7.19. The number of methoxy groups -OCH3 is 1. The number of carbonyl (C=O) groups is 2. The van der Waals surface area contributed by atoms with Crippen molar-refractivity contribution in [3.05, 3.63) is 28.7 Å². The van der Waals surface area contributed by atoms with Crippen LogP contribution in [0.3, 0.4) is 0 Å². The summed E-state index contributed by atoms with van der Waals surface area (Å²) >= 11 is 5.00. The van der Waals surface area contributed by atoms with Crippen molar-refractivity contribution in [1.82, 2.24) is 5.32 Å². The normalized spacial score (nSPS) is 13.3. The molecule has 1 atom stereocenters. The maximum Gasteiger partial charge on any atom is 0.331 e. The van der Waals surface area contributed by atoms with Crippen LogP contribution in [0.4, 0.5) is 0 Å². The van der Waals surface area contributed by atoms with Crippen LogP contribution in [0.1, 0.15) is 33.1 Å². The molecule has 6 heteroatoms. The Hall–Kier alpha value is -1.01. The second-order valence-corrected chi connectivity index (χ2v) is 7.26. The molecule has 22 heavy (non-hydrogen) atoms. The van der Waals surface area contributed by atoms with E-state index in [0.717, 1.165) is 15.8 Å². The monoisotopic (exact) mass is 387 g/mol. The van der Waals surface area contributed by atoms with E-state index in [0.29, 0.717) is 18.6 Å². The summed E-state index contributed by atoms with van der Waals surface area (Å²) < 4.78 is 5.82. The van der Waals surface area contributed by atoms with Crippen molar-refractivity contribution >= 4 is 39.6 Å². The third-order valence-electron chi connectivity index (χ3n) is 3.21. The van der Waals surface area contributed by atoms with Crippen LogP contribution in [-0.4, -0.2) is 30.3 Å². The number of benzene rings is 1. The number of amides is 1. The largest absolute Gasteiger partial charge is 0.467 e. The fourth-order valence-electron chi connectivity index (χ4n) is 2.10. The molecule has 0 spiro atoms. The molecule has 0 saturated carbocycles. The lowest BCUT2D eigenvalue weighted by molar-refractivity contribution is -0.150. The molecule has 0 aliphatic heterocycles. The van der Waals surface area contributed by atoms with Gasteiger partial charge in [-0.25, -0.2) is 4.79 Å². The quantitative estimate of drug-likeness (QED) is 0.544. The Morgan fingerprint density at radius 1 is 1.32 bits per heavy atom. The van der Waals surface area contributed by atoms with Gasteiger partial charge in [0.15, 0.2) is 0 Å². The molecule has 1 aromatic rings. The molecule has 1 N–H and O–H groups in total. The molecule has 0 saturated heterocycles. The van der Waals surface area contributed by atoms with Crippen LogP contribution in [0.5, 0.6) is 0 Å². The van der Waals surface area contributed by atoms with Gasteiger partial charge in [0.2, 0.25) is 5.91 Å². The van der Waals surface area contributed by atoms with Gasteiger partial charge in [-0.3, -0.25) is 4.79 Å². The summed E-state index contributed by atoms with van der Waals surface area (Å²) in [5, 5.41) is 2.81. The number of carbonyl (C=O) groups excluding carboxylic acids is 2. The lowest BCUT2D eigenvalue weighted by atomic mass is 9.96. The lowest BCUT2D eigenvalue weighted by Crippen LogP contribution is -2.52. The van der Waals surface area contributed by atoms with Crippen molar-refractivity contribution < 1.29 is 14.3 Å². The van der Waals surface area contributed by atoms with Crippen molar-refractivity contribution in [2.75, 3.05) is 12.9 Å². The minimum Gasteiger partial charge on any atom is -0.467 e. The highest BCUT2D eigenvalue weighted by Gasteiger charge is 2.34. The van der Waals surface area contributed by atoms with Gasteiger partial charge in [-0.15, -0.1) is 11.8 Å². The minimum absolute atomic E-state index is 0.133. The zero-order valence-corrected chi connectivity index (χ0v) is 15.6. The van der Waals surface area contributed by atoms with Crippen LogP contribution in [0, 0.1) is 0 Å². The Morgan fingerprint density at radius 2 is 1.95 bits per heavy atom. The molecule has 0 aliphatic carbocycles. The van der Waals surface area contributed by atoms with Gasteiger partial charge < -0.3 is 10.1 Å². The first kappa shape index (κ1) is 19.0. The molecular formula is C16H22BrNO3S. The third kappa shape index (κ3) is 6.01. The summed E-state index contributed by atoms with van der Waals surface area (Å²) in [4.78, 5) is 25.0. The average molecular weight is 388 g/mol. The van der Waals surface area contributed by atoms with E-state index in [4.69, 9.17) is 4.74 Å². The smallest absolute Gasteiger partial charge is 0.331 e. The van der Waals surface area contributed by atoms with Crippen molar-refractivity contribution in [3.63, 3.8) is 0 Å². The standard InChI is InChI=1S/C16H22BrNO3S/c1-4-10-16(2,15(20)21-3)18-14(19)9-11-22-13-7-5-12(17)6-8-13/h5-8H,4,9-11H2,1-3H3,(H,18,19). The molecule has 0 heterocycles. The van der Waals surface area contributed by atoms with E-state index in [1.165, 1.54) is 7.11 Å². The Morgan fingerprint density at radius 3 is 2.50 bits per heavy atom. The van der Waals surface area contributed by atoms with Crippen LogP contribution in [0.15, 0.2) is 33.6 Å². The Labute approximate surface area is 144 Å². The fourth-order valence-corrected chi connectivity index (χ4v) is 3.22. The number of esters is 1. The lowest BCUT2D eigenvalue weighted by Gasteiger charge is -2.27. The molecule has 0 bridgehead atoms. The molecule has 1 rings (SSSR count). The van der Waals surface area contributed by atoms with E-state index in [1.54, 1.807) is 18.7 Å². The molecule has 1 unspecified atom stereocenters. The fraction of sp³-hybridized carbons (Fsp3) is 0.500. The predicted molar refractivity (Wildman–Crippen MR) is 93.0 cm³/mol. The summed E-state index contributed by atoms with van der Waals surface area (Å²) in [6.07, 6.45) is 1.71. The van der Waals surface area contributed by atoms with E-state index in [2.05, 4.69) is 21.2 Å². The third-order valence-corrected chi connectivity index (χ3v) is 4.76. The van der Waals surface area contributed by atoms with Crippen LogP contribution >= 0.6 is 27.7 Å². The second-order valence-electron chi connectivity index (χ2n) is 5.17. The van der Waals surface area contributed by atoms with Gasteiger partial charge in [0.25, 0.3) is 0 Å². The molecule has 0 fully saturated rings. The Balaban J connectivity index is 2.47. The topological polar surface area (TPSA) is 55.4 Å². The minimum atomic E-state index is -0.942. The highest BCUT2D eigenvalue weighted by atomic mass is 79.9. The SMILES string of the molecule is CCCC(C)(NC(=O)CCSc1ccc(Br)cc1)C(=O)OC. The number of rotatable bonds is 8. The molecule has 122 valence electrons. The van der Waals surface area contributed by atoms with Gasteiger partial charge in [0, 0.05) is 21.5 Å².